The predicted molar refractivity (Wildman–Crippen MR) is 62.3 cm³/mol. The van der Waals surface area contributed by atoms with Gasteiger partial charge in [0.15, 0.2) is 0 Å². The topological polar surface area (TPSA) is 20.3 Å². The molecule has 1 aliphatic heterocycles. The van der Waals surface area contributed by atoms with Crippen molar-refractivity contribution in [3.05, 3.63) is 0 Å². The van der Waals surface area contributed by atoms with Crippen LogP contribution in [0.4, 0.5) is 0 Å². The fourth-order valence-electron chi connectivity index (χ4n) is 1.88. The van der Waals surface area contributed by atoms with Gasteiger partial charge in [-0.2, -0.15) is 0 Å². The Bertz CT molecular complexity index is 274. The van der Waals surface area contributed by atoms with Crippen molar-refractivity contribution in [3.8, 4) is 11.8 Å². The average molecular weight is 207 g/mol. The summed E-state index contributed by atoms with van der Waals surface area (Å²) >= 11 is 0. The second-order valence-corrected chi connectivity index (χ2v) is 4.21. The highest BCUT2D eigenvalue weighted by atomic mass is 16.2. The van der Waals surface area contributed by atoms with Crippen molar-refractivity contribution in [1.29, 1.82) is 0 Å². The van der Waals surface area contributed by atoms with E-state index in [1.165, 1.54) is 0 Å². The molecule has 2 unspecified atom stereocenters. The first-order valence-electron chi connectivity index (χ1n) is 5.96. The van der Waals surface area contributed by atoms with Gasteiger partial charge >= 0.3 is 0 Å². The highest BCUT2D eigenvalue weighted by Crippen LogP contribution is 2.20. The van der Waals surface area contributed by atoms with E-state index >= 15 is 0 Å². The molecule has 1 heterocycles. The van der Waals surface area contributed by atoms with Gasteiger partial charge in [0.1, 0.15) is 0 Å². The number of likely N-dealkylation sites (tertiary alicyclic amines) is 1. The second-order valence-electron chi connectivity index (χ2n) is 4.21. The Morgan fingerprint density at radius 2 is 2.27 bits per heavy atom. The molecule has 0 aliphatic carbocycles. The molecule has 1 rings (SSSR count). The Kier molecular flexibility index (Phi) is 4.68. The summed E-state index contributed by atoms with van der Waals surface area (Å²) in [4.78, 5) is 13.7. The van der Waals surface area contributed by atoms with Crippen molar-refractivity contribution < 1.29 is 4.79 Å². The van der Waals surface area contributed by atoms with E-state index in [9.17, 15) is 4.79 Å². The summed E-state index contributed by atoms with van der Waals surface area (Å²) in [5.41, 5.74) is 0. The molecule has 1 amide bonds. The van der Waals surface area contributed by atoms with Gasteiger partial charge in [0, 0.05) is 31.3 Å². The van der Waals surface area contributed by atoms with Crippen LogP contribution < -0.4 is 0 Å². The van der Waals surface area contributed by atoms with Crippen molar-refractivity contribution in [2.24, 2.45) is 5.92 Å². The summed E-state index contributed by atoms with van der Waals surface area (Å²) in [6.45, 7) is 7.14. The first-order valence-corrected chi connectivity index (χ1v) is 5.96. The fraction of sp³-hybridized carbons (Fsp3) is 0.769. The highest BCUT2D eigenvalue weighted by molar-refractivity contribution is 5.77. The van der Waals surface area contributed by atoms with E-state index in [0.717, 1.165) is 25.8 Å². The van der Waals surface area contributed by atoms with Crippen LogP contribution in [0.1, 0.15) is 46.5 Å². The Balaban J connectivity index is 2.59. The van der Waals surface area contributed by atoms with E-state index in [1.54, 1.807) is 0 Å². The van der Waals surface area contributed by atoms with Crippen molar-refractivity contribution in [2.45, 2.75) is 52.5 Å². The molecule has 1 aliphatic rings. The molecule has 0 aromatic heterocycles. The van der Waals surface area contributed by atoms with Crippen molar-refractivity contribution in [1.82, 2.24) is 4.90 Å². The summed E-state index contributed by atoms with van der Waals surface area (Å²) in [7, 11) is 0. The molecule has 15 heavy (non-hydrogen) atoms. The smallest absolute Gasteiger partial charge is 0.222 e. The van der Waals surface area contributed by atoms with Crippen molar-refractivity contribution >= 4 is 5.91 Å². The van der Waals surface area contributed by atoms with Crippen LogP contribution in [0.2, 0.25) is 0 Å². The summed E-state index contributed by atoms with van der Waals surface area (Å²) in [6, 6.07) is 0.365. The van der Waals surface area contributed by atoms with Gasteiger partial charge in [-0.15, -0.1) is 5.92 Å². The lowest BCUT2D eigenvalue weighted by atomic mass is 9.96. The van der Waals surface area contributed by atoms with Gasteiger partial charge in [0.25, 0.3) is 0 Å². The van der Waals surface area contributed by atoms with Crippen LogP contribution >= 0.6 is 0 Å². The second kappa shape index (κ2) is 5.80. The van der Waals surface area contributed by atoms with E-state index in [1.807, 2.05) is 4.90 Å². The first kappa shape index (κ1) is 12.1. The molecule has 0 aromatic carbocycles. The maximum absolute atomic E-state index is 11.7. The lowest BCUT2D eigenvalue weighted by Crippen LogP contribution is -2.44. The number of amides is 1. The Morgan fingerprint density at radius 3 is 2.87 bits per heavy atom. The molecule has 2 nitrogen and oxygen atoms in total. The quantitative estimate of drug-likeness (QED) is 0.637. The lowest BCUT2D eigenvalue weighted by molar-refractivity contribution is -0.136. The van der Waals surface area contributed by atoms with Gasteiger partial charge in [0.2, 0.25) is 5.91 Å². The number of hydrogen-bond acceptors (Lipinski definition) is 1. The fourth-order valence-corrected chi connectivity index (χ4v) is 1.88. The first-order chi connectivity index (χ1) is 7.19. The zero-order valence-electron chi connectivity index (χ0n) is 10.0. The van der Waals surface area contributed by atoms with Crippen LogP contribution in [0.15, 0.2) is 0 Å². The SMILES string of the molecule is CCC#CC1CCC(=O)N(C(C)CC)C1. The summed E-state index contributed by atoms with van der Waals surface area (Å²) in [6.07, 6.45) is 3.56. The van der Waals surface area contributed by atoms with Crippen LogP contribution in [-0.4, -0.2) is 23.4 Å². The monoisotopic (exact) mass is 207 g/mol. The largest absolute Gasteiger partial charge is 0.339 e. The van der Waals surface area contributed by atoms with Crippen LogP contribution in [-0.2, 0) is 4.79 Å². The van der Waals surface area contributed by atoms with Gasteiger partial charge in [-0.05, 0) is 19.8 Å². The van der Waals surface area contributed by atoms with Crippen molar-refractivity contribution in [2.75, 3.05) is 6.54 Å². The molecule has 2 atom stereocenters. The number of piperidine rings is 1. The molecule has 84 valence electrons. The average Bonchev–Trinajstić information content (AvgIpc) is 2.27. The van der Waals surface area contributed by atoms with E-state index in [4.69, 9.17) is 0 Å². The molecule has 0 bridgehead atoms. The van der Waals surface area contributed by atoms with Gasteiger partial charge in [-0.3, -0.25) is 4.79 Å². The van der Waals surface area contributed by atoms with E-state index < -0.39 is 0 Å². The normalized spacial score (nSPS) is 23.3. The lowest BCUT2D eigenvalue weighted by Gasteiger charge is -2.34. The molecule has 0 spiro atoms. The maximum atomic E-state index is 11.7. The van der Waals surface area contributed by atoms with Crippen molar-refractivity contribution in [3.63, 3.8) is 0 Å². The Labute approximate surface area is 93.0 Å². The summed E-state index contributed by atoms with van der Waals surface area (Å²) in [5.74, 6) is 7.08. The minimum absolute atomic E-state index is 0.305. The molecular weight excluding hydrogens is 186 g/mol. The van der Waals surface area contributed by atoms with Gasteiger partial charge < -0.3 is 4.90 Å². The minimum Gasteiger partial charge on any atom is -0.339 e. The molecule has 0 saturated carbocycles. The third kappa shape index (κ3) is 3.27. The predicted octanol–water partition coefficient (Wildman–Crippen LogP) is 2.44. The number of nitrogens with zero attached hydrogens (tertiary/aromatic N) is 1. The zero-order chi connectivity index (χ0) is 11.3. The maximum Gasteiger partial charge on any atom is 0.222 e. The third-order valence-corrected chi connectivity index (χ3v) is 3.05. The number of carbonyl (C=O) groups is 1. The molecule has 0 aromatic rings. The zero-order valence-corrected chi connectivity index (χ0v) is 10.0. The van der Waals surface area contributed by atoms with E-state index in [2.05, 4.69) is 32.6 Å². The minimum atomic E-state index is 0.305. The summed E-state index contributed by atoms with van der Waals surface area (Å²) in [5, 5.41) is 0. The standard InChI is InChI=1S/C13H21NO/c1-4-6-7-12-8-9-13(15)14(10-12)11(3)5-2/h11-12H,4-5,8-10H2,1-3H3. The van der Waals surface area contributed by atoms with E-state index in [0.29, 0.717) is 24.3 Å². The number of carbonyl (C=O) groups excluding carboxylic acids is 1. The molecule has 1 fully saturated rings. The van der Waals surface area contributed by atoms with Gasteiger partial charge in [0.05, 0.1) is 0 Å². The molecular formula is C13H21NO. The summed E-state index contributed by atoms with van der Waals surface area (Å²) < 4.78 is 0. The van der Waals surface area contributed by atoms with Gasteiger partial charge in [-0.1, -0.05) is 19.8 Å². The van der Waals surface area contributed by atoms with Crippen LogP contribution in [0.3, 0.4) is 0 Å². The van der Waals surface area contributed by atoms with Crippen LogP contribution in [0, 0.1) is 17.8 Å². The van der Waals surface area contributed by atoms with E-state index in [-0.39, 0.29) is 0 Å². The van der Waals surface area contributed by atoms with Crippen LogP contribution in [0.5, 0.6) is 0 Å². The number of rotatable bonds is 2. The molecule has 1 saturated heterocycles. The molecule has 0 N–H and O–H groups in total. The molecule has 0 radical (unpaired) electrons. The highest BCUT2D eigenvalue weighted by Gasteiger charge is 2.27. The Hall–Kier alpha value is -0.970. The number of hydrogen-bond donors (Lipinski definition) is 0. The molecule has 2 heteroatoms. The third-order valence-electron chi connectivity index (χ3n) is 3.05. The Morgan fingerprint density at radius 1 is 1.53 bits per heavy atom. The van der Waals surface area contributed by atoms with Crippen LogP contribution in [0.25, 0.3) is 0 Å². The van der Waals surface area contributed by atoms with Gasteiger partial charge in [-0.25, -0.2) is 0 Å².